The summed E-state index contributed by atoms with van der Waals surface area (Å²) in [6, 6.07) is 0. The number of likely N-dealkylation sites (tertiary alicyclic amines) is 1. The van der Waals surface area contributed by atoms with Gasteiger partial charge in [0.25, 0.3) is 0 Å². The van der Waals surface area contributed by atoms with Gasteiger partial charge in [-0.05, 0) is 25.7 Å². The van der Waals surface area contributed by atoms with E-state index >= 15 is 0 Å². The molecule has 1 saturated heterocycles. The average Bonchev–Trinajstić information content (AvgIpc) is 2.51. The molecule has 0 bridgehead atoms. The lowest BCUT2D eigenvalue weighted by Crippen LogP contribution is -2.46. The van der Waals surface area contributed by atoms with Gasteiger partial charge in [0.2, 0.25) is 0 Å². The molecule has 2 rings (SSSR count). The second-order valence-electron chi connectivity index (χ2n) is 5.45. The molecule has 1 aromatic rings. The van der Waals surface area contributed by atoms with Crippen LogP contribution in [0.15, 0.2) is 23.6 Å². The van der Waals surface area contributed by atoms with Crippen molar-refractivity contribution in [3.05, 3.63) is 18.6 Å². The highest BCUT2D eigenvalue weighted by molar-refractivity contribution is 14.0. The minimum Gasteiger partial charge on any atom is -0.367 e. The number of hydrogen-bond acceptors (Lipinski definition) is 4. The van der Waals surface area contributed by atoms with Crippen molar-refractivity contribution in [3.63, 3.8) is 0 Å². The number of nitrogens with one attached hydrogen (secondary N) is 2. The van der Waals surface area contributed by atoms with Gasteiger partial charge in [-0.2, -0.15) is 0 Å². The lowest BCUT2D eigenvalue weighted by molar-refractivity contribution is 0.266. The van der Waals surface area contributed by atoms with E-state index < -0.39 is 0 Å². The standard InChI is InChI=1S/C15H26N6.HI/c1-3-17-15(21-10-4-5-13(2)12-21)20-9-8-19-14-11-16-6-7-18-14;/h6-7,11,13H,3-5,8-10,12H2,1-2H3,(H,17,20)(H,18,19);1H. The Morgan fingerprint density at radius 2 is 2.32 bits per heavy atom. The molecule has 0 amide bonds. The van der Waals surface area contributed by atoms with Crippen LogP contribution in [0, 0.1) is 5.92 Å². The lowest BCUT2D eigenvalue weighted by atomic mass is 10.0. The van der Waals surface area contributed by atoms with E-state index in [9.17, 15) is 0 Å². The molecule has 0 saturated carbocycles. The van der Waals surface area contributed by atoms with Gasteiger partial charge < -0.3 is 15.5 Å². The van der Waals surface area contributed by atoms with Gasteiger partial charge in [-0.15, -0.1) is 24.0 Å². The Morgan fingerprint density at radius 1 is 1.45 bits per heavy atom. The van der Waals surface area contributed by atoms with Crippen molar-refractivity contribution >= 4 is 35.8 Å². The van der Waals surface area contributed by atoms with Crippen LogP contribution in [0.1, 0.15) is 26.7 Å². The molecule has 0 aromatic carbocycles. The van der Waals surface area contributed by atoms with Crippen LogP contribution >= 0.6 is 24.0 Å². The van der Waals surface area contributed by atoms with Gasteiger partial charge in [0.05, 0.1) is 12.7 Å². The molecule has 22 heavy (non-hydrogen) atoms. The lowest BCUT2D eigenvalue weighted by Gasteiger charge is -2.33. The molecule has 2 heterocycles. The molecular weight excluding hydrogens is 391 g/mol. The largest absolute Gasteiger partial charge is 0.367 e. The van der Waals surface area contributed by atoms with E-state index in [1.807, 2.05) is 0 Å². The van der Waals surface area contributed by atoms with Crippen LogP contribution in [-0.4, -0.2) is 53.6 Å². The third-order valence-corrected chi connectivity index (χ3v) is 3.53. The van der Waals surface area contributed by atoms with E-state index in [-0.39, 0.29) is 24.0 Å². The number of hydrogen-bond donors (Lipinski definition) is 2. The van der Waals surface area contributed by atoms with Crippen molar-refractivity contribution in [2.24, 2.45) is 10.9 Å². The predicted molar refractivity (Wildman–Crippen MR) is 102 cm³/mol. The Labute approximate surface area is 150 Å². The highest BCUT2D eigenvalue weighted by atomic mass is 127. The fourth-order valence-corrected chi connectivity index (χ4v) is 2.54. The Kier molecular flexibility index (Phi) is 9.10. The van der Waals surface area contributed by atoms with Crippen molar-refractivity contribution in [1.82, 2.24) is 20.2 Å². The molecule has 1 aromatic heterocycles. The quantitative estimate of drug-likeness (QED) is 0.332. The fraction of sp³-hybridized carbons (Fsp3) is 0.667. The van der Waals surface area contributed by atoms with Crippen LogP contribution in [0.25, 0.3) is 0 Å². The molecule has 1 fully saturated rings. The molecule has 0 radical (unpaired) electrons. The molecule has 0 spiro atoms. The summed E-state index contributed by atoms with van der Waals surface area (Å²) in [6.07, 6.45) is 7.66. The number of guanidine groups is 1. The van der Waals surface area contributed by atoms with Crippen LogP contribution < -0.4 is 10.6 Å². The second-order valence-corrected chi connectivity index (χ2v) is 5.45. The van der Waals surface area contributed by atoms with E-state index in [0.717, 1.165) is 50.4 Å². The van der Waals surface area contributed by atoms with E-state index in [2.05, 4.69) is 39.3 Å². The van der Waals surface area contributed by atoms with Crippen molar-refractivity contribution in [2.75, 3.05) is 38.0 Å². The van der Waals surface area contributed by atoms with Gasteiger partial charge in [0, 0.05) is 38.6 Å². The molecular formula is C15H27IN6. The summed E-state index contributed by atoms with van der Waals surface area (Å²) in [5.74, 6) is 2.58. The van der Waals surface area contributed by atoms with E-state index in [1.165, 1.54) is 12.8 Å². The Morgan fingerprint density at radius 3 is 3.00 bits per heavy atom. The number of aliphatic imine (C=N–C) groups is 1. The number of halogens is 1. The van der Waals surface area contributed by atoms with Gasteiger partial charge in [0.15, 0.2) is 5.96 Å². The minimum absolute atomic E-state index is 0. The van der Waals surface area contributed by atoms with E-state index in [4.69, 9.17) is 4.99 Å². The summed E-state index contributed by atoms with van der Waals surface area (Å²) < 4.78 is 0. The van der Waals surface area contributed by atoms with Crippen molar-refractivity contribution in [3.8, 4) is 0 Å². The molecule has 7 heteroatoms. The minimum atomic E-state index is 0. The summed E-state index contributed by atoms with van der Waals surface area (Å²) in [5, 5.41) is 6.62. The van der Waals surface area contributed by atoms with Crippen molar-refractivity contribution < 1.29 is 0 Å². The topological polar surface area (TPSA) is 65.4 Å². The molecule has 1 atom stereocenters. The first-order valence-corrected chi connectivity index (χ1v) is 7.82. The van der Waals surface area contributed by atoms with Gasteiger partial charge >= 0.3 is 0 Å². The Bertz CT molecular complexity index is 439. The highest BCUT2D eigenvalue weighted by Gasteiger charge is 2.18. The van der Waals surface area contributed by atoms with E-state index in [1.54, 1.807) is 18.6 Å². The summed E-state index contributed by atoms with van der Waals surface area (Å²) in [4.78, 5) is 15.3. The molecule has 1 aliphatic heterocycles. The number of piperidine rings is 1. The molecule has 1 aliphatic rings. The molecule has 124 valence electrons. The first-order valence-electron chi connectivity index (χ1n) is 7.82. The third kappa shape index (κ3) is 6.33. The normalized spacial score (nSPS) is 18.5. The number of anilines is 1. The van der Waals surface area contributed by atoms with Crippen LogP contribution in [-0.2, 0) is 0 Å². The fourth-order valence-electron chi connectivity index (χ4n) is 2.54. The van der Waals surface area contributed by atoms with Gasteiger partial charge in [-0.25, -0.2) is 4.98 Å². The zero-order chi connectivity index (χ0) is 14.9. The van der Waals surface area contributed by atoms with Crippen LogP contribution in [0.2, 0.25) is 0 Å². The smallest absolute Gasteiger partial charge is 0.193 e. The van der Waals surface area contributed by atoms with Crippen LogP contribution in [0.4, 0.5) is 5.82 Å². The van der Waals surface area contributed by atoms with Crippen LogP contribution in [0.5, 0.6) is 0 Å². The summed E-state index contributed by atoms with van der Waals surface area (Å²) >= 11 is 0. The monoisotopic (exact) mass is 418 g/mol. The zero-order valence-electron chi connectivity index (χ0n) is 13.5. The Hall–Kier alpha value is -1.12. The maximum Gasteiger partial charge on any atom is 0.193 e. The summed E-state index contributed by atoms with van der Waals surface area (Å²) in [7, 11) is 0. The second kappa shape index (κ2) is 10.6. The maximum atomic E-state index is 4.71. The van der Waals surface area contributed by atoms with Crippen LogP contribution in [0.3, 0.4) is 0 Å². The van der Waals surface area contributed by atoms with Crippen molar-refractivity contribution in [1.29, 1.82) is 0 Å². The number of nitrogens with zero attached hydrogens (tertiary/aromatic N) is 4. The van der Waals surface area contributed by atoms with Gasteiger partial charge in [-0.3, -0.25) is 9.98 Å². The SMILES string of the molecule is CCNC(=NCCNc1cnccn1)N1CCCC(C)C1.I. The number of aromatic nitrogens is 2. The zero-order valence-corrected chi connectivity index (χ0v) is 15.8. The van der Waals surface area contributed by atoms with Gasteiger partial charge in [0.1, 0.15) is 5.82 Å². The molecule has 1 unspecified atom stereocenters. The van der Waals surface area contributed by atoms with E-state index in [0.29, 0.717) is 0 Å². The summed E-state index contributed by atoms with van der Waals surface area (Å²) in [6.45, 7) is 9.02. The highest BCUT2D eigenvalue weighted by Crippen LogP contribution is 2.15. The first kappa shape index (κ1) is 18.9. The molecule has 0 aliphatic carbocycles. The van der Waals surface area contributed by atoms with Crippen molar-refractivity contribution in [2.45, 2.75) is 26.7 Å². The molecule has 6 nitrogen and oxygen atoms in total. The average molecular weight is 418 g/mol. The van der Waals surface area contributed by atoms with Gasteiger partial charge in [-0.1, -0.05) is 6.92 Å². The maximum absolute atomic E-state index is 4.71. The molecule has 2 N–H and O–H groups in total. The first-order chi connectivity index (χ1) is 10.3. The predicted octanol–water partition coefficient (Wildman–Crippen LogP) is 2.20. The summed E-state index contributed by atoms with van der Waals surface area (Å²) in [5.41, 5.74) is 0. The third-order valence-electron chi connectivity index (χ3n) is 3.53. The Balaban J connectivity index is 0.00000242. The number of rotatable bonds is 5.